The predicted molar refractivity (Wildman–Crippen MR) is 99.4 cm³/mol. The summed E-state index contributed by atoms with van der Waals surface area (Å²) in [5.74, 6) is 2.71. The van der Waals surface area contributed by atoms with Gasteiger partial charge in [0.25, 0.3) is 0 Å². The Morgan fingerprint density at radius 1 is 1.33 bits per heavy atom. The molecule has 0 saturated carbocycles. The van der Waals surface area contributed by atoms with E-state index in [0.29, 0.717) is 12.0 Å². The smallest absolute Gasteiger partial charge is 0.318 e. The maximum absolute atomic E-state index is 12.9. The second-order valence-electron chi connectivity index (χ2n) is 6.82. The van der Waals surface area contributed by atoms with Gasteiger partial charge in [0.2, 0.25) is 0 Å². The molecular weight excluding hydrogens is 320 g/mol. The highest BCUT2D eigenvalue weighted by molar-refractivity contribution is 7.99. The number of amides is 2. The third kappa shape index (κ3) is 4.67. The Labute approximate surface area is 149 Å². The van der Waals surface area contributed by atoms with E-state index in [0.717, 1.165) is 50.5 Å². The molecule has 2 fully saturated rings. The number of hydrogen-bond donors (Lipinski definition) is 1. The van der Waals surface area contributed by atoms with E-state index in [1.54, 1.807) is 0 Å². The molecule has 132 valence electrons. The van der Waals surface area contributed by atoms with Gasteiger partial charge in [0.15, 0.2) is 0 Å². The highest BCUT2D eigenvalue weighted by atomic mass is 32.2. The lowest BCUT2D eigenvalue weighted by Crippen LogP contribution is -2.46. The van der Waals surface area contributed by atoms with Gasteiger partial charge in [0.1, 0.15) is 0 Å². The summed E-state index contributed by atoms with van der Waals surface area (Å²) in [5, 5.41) is 3.31. The minimum Gasteiger partial charge on any atom is -0.381 e. The van der Waals surface area contributed by atoms with Crippen LogP contribution >= 0.6 is 11.8 Å². The van der Waals surface area contributed by atoms with Crippen molar-refractivity contribution in [3.63, 3.8) is 0 Å². The number of nitrogens with one attached hydrogen (secondary N) is 1. The van der Waals surface area contributed by atoms with Gasteiger partial charge in [-0.2, -0.15) is 11.8 Å². The average molecular weight is 349 g/mol. The molecule has 1 N–H and O–H groups in total. The largest absolute Gasteiger partial charge is 0.381 e. The molecule has 0 bridgehead atoms. The molecule has 3 rings (SSSR count). The summed E-state index contributed by atoms with van der Waals surface area (Å²) in [4.78, 5) is 14.9. The fraction of sp³-hybridized carbons (Fsp3) is 0.632. The fourth-order valence-electron chi connectivity index (χ4n) is 3.49. The molecule has 0 aromatic heterocycles. The Kier molecular flexibility index (Phi) is 6.44. The van der Waals surface area contributed by atoms with Gasteiger partial charge in [-0.05, 0) is 43.4 Å². The van der Waals surface area contributed by atoms with Crippen LogP contribution in [0.4, 0.5) is 4.79 Å². The van der Waals surface area contributed by atoms with Gasteiger partial charge in [-0.3, -0.25) is 0 Å². The van der Waals surface area contributed by atoms with E-state index in [1.807, 2.05) is 34.9 Å². The van der Waals surface area contributed by atoms with Crippen LogP contribution < -0.4 is 5.32 Å². The van der Waals surface area contributed by atoms with Crippen LogP contribution in [0.5, 0.6) is 0 Å². The quantitative estimate of drug-likeness (QED) is 0.902. The summed E-state index contributed by atoms with van der Waals surface area (Å²) < 4.78 is 5.52. The number of rotatable bonds is 4. The van der Waals surface area contributed by atoms with Crippen molar-refractivity contribution in [3.05, 3.63) is 35.9 Å². The monoisotopic (exact) mass is 348 g/mol. The molecule has 2 heterocycles. The lowest BCUT2D eigenvalue weighted by molar-refractivity contribution is 0.170. The number of benzene rings is 1. The summed E-state index contributed by atoms with van der Waals surface area (Å²) in [6, 6.07) is 10.8. The number of carbonyl (C=O) groups excluding carboxylic acids is 1. The molecular formula is C19H28N2O2S. The zero-order valence-corrected chi connectivity index (χ0v) is 15.3. The first kappa shape index (κ1) is 17.6. The minimum atomic E-state index is 0.0634. The third-order valence-corrected chi connectivity index (χ3v) is 6.04. The fourth-order valence-corrected chi connectivity index (χ4v) is 4.53. The van der Waals surface area contributed by atoms with Crippen molar-refractivity contribution in [1.29, 1.82) is 0 Å². The van der Waals surface area contributed by atoms with Gasteiger partial charge in [0, 0.05) is 31.6 Å². The first-order chi connectivity index (χ1) is 11.7. The number of hydrogen-bond acceptors (Lipinski definition) is 3. The zero-order valence-electron chi connectivity index (χ0n) is 14.4. The summed E-state index contributed by atoms with van der Waals surface area (Å²) in [7, 11) is 0. The molecule has 0 radical (unpaired) electrons. The second kappa shape index (κ2) is 8.77. The molecule has 2 saturated heterocycles. The molecule has 24 heavy (non-hydrogen) atoms. The molecule has 2 amide bonds. The number of carbonyl (C=O) groups is 1. The highest BCUT2D eigenvalue weighted by Crippen LogP contribution is 2.27. The van der Waals surface area contributed by atoms with Crippen molar-refractivity contribution in [1.82, 2.24) is 10.2 Å². The molecule has 2 aliphatic rings. The maximum Gasteiger partial charge on any atom is 0.318 e. The van der Waals surface area contributed by atoms with Gasteiger partial charge < -0.3 is 15.0 Å². The third-order valence-electron chi connectivity index (χ3n) is 5.04. The lowest BCUT2D eigenvalue weighted by atomic mass is 9.94. The molecule has 1 aromatic carbocycles. The van der Waals surface area contributed by atoms with Gasteiger partial charge in [-0.25, -0.2) is 4.79 Å². The van der Waals surface area contributed by atoms with E-state index in [-0.39, 0.29) is 12.1 Å². The molecule has 1 aromatic rings. The van der Waals surface area contributed by atoms with Crippen molar-refractivity contribution in [2.75, 3.05) is 31.3 Å². The maximum atomic E-state index is 12.9. The van der Waals surface area contributed by atoms with Crippen LogP contribution in [-0.4, -0.2) is 48.2 Å². The van der Waals surface area contributed by atoms with Crippen LogP contribution in [0.15, 0.2) is 30.3 Å². The molecule has 5 heteroatoms. The van der Waals surface area contributed by atoms with Crippen molar-refractivity contribution >= 4 is 17.8 Å². The van der Waals surface area contributed by atoms with E-state index in [2.05, 4.69) is 24.4 Å². The Morgan fingerprint density at radius 2 is 2.17 bits per heavy atom. The molecule has 0 aliphatic carbocycles. The first-order valence-corrected chi connectivity index (χ1v) is 10.2. The second-order valence-corrected chi connectivity index (χ2v) is 8.05. The molecule has 3 atom stereocenters. The summed E-state index contributed by atoms with van der Waals surface area (Å²) >= 11 is 1.94. The van der Waals surface area contributed by atoms with Crippen LogP contribution in [0.2, 0.25) is 0 Å². The average Bonchev–Trinajstić information content (AvgIpc) is 3.01. The first-order valence-electron chi connectivity index (χ1n) is 9.01. The van der Waals surface area contributed by atoms with Crippen LogP contribution in [0, 0.1) is 5.92 Å². The Hall–Kier alpha value is -1.20. The standard InChI is InChI=1S/C19H28N2O2S/c1-15-8-11-24-12-9-21(15)19(22)20-18(13-16-7-10-23-14-16)17-5-3-2-4-6-17/h2-6,15-16,18H,7-14H2,1H3,(H,20,22)/t15-,16-,18+/m1/s1. The van der Waals surface area contributed by atoms with Crippen molar-refractivity contribution in [2.24, 2.45) is 5.92 Å². The highest BCUT2D eigenvalue weighted by Gasteiger charge is 2.27. The van der Waals surface area contributed by atoms with E-state index in [9.17, 15) is 4.79 Å². The van der Waals surface area contributed by atoms with Gasteiger partial charge in [0.05, 0.1) is 6.04 Å². The van der Waals surface area contributed by atoms with E-state index < -0.39 is 0 Å². The number of thioether (sulfide) groups is 1. The number of nitrogens with zero attached hydrogens (tertiary/aromatic N) is 1. The Bertz CT molecular complexity index is 519. The topological polar surface area (TPSA) is 41.6 Å². The summed E-state index contributed by atoms with van der Waals surface area (Å²) in [6.07, 6.45) is 3.12. The Morgan fingerprint density at radius 3 is 2.92 bits per heavy atom. The van der Waals surface area contributed by atoms with Crippen molar-refractivity contribution in [3.8, 4) is 0 Å². The van der Waals surface area contributed by atoms with E-state index >= 15 is 0 Å². The van der Waals surface area contributed by atoms with E-state index in [1.165, 1.54) is 5.56 Å². The SMILES string of the molecule is C[C@@H]1CCSCCN1C(=O)N[C@@H](C[C@H]1CCOC1)c1ccccc1. The van der Waals surface area contributed by atoms with Crippen molar-refractivity contribution < 1.29 is 9.53 Å². The predicted octanol–water partition coefficient (Wildman–Crippen LogP) is 3.69. The van der Waals surface area contributed by atoms with Gasteiger partial charge in [-0.15, -0.1) is 0 Å². The van der Waals surface area contributed by atoms with Crippen LogP contribution in [0.1, 0.15) is 37.8 Å². The molecule has 0 spiro atoms. The van der Waals surface area contributed by atoms with Gasteiger partial charge >= 0.3 is 6.03 Å². The minimum absolute atomic E-state index is 0.0634. The molecule has 4 nitrogen and oxygen atoms in total. The summed E-state index contributed by atoms with van der Waals surface area (Å²) in [6.45, 7) is 4.66. The summed E-state index contributed by atoms with van der Waals surface area (Å²) in [5.41, 5.74) is 1.19. The van der Waals surface area contributed by atoms with E-state index in [4.69, 9.17) is 4.74 Å². The normalized spacial score (nSPS) is 26.0. The molecule has 0 unspecified atom stereocenters. The number of urea groups is 1. The van der Waals surface area contributed by atoms with Crippen LogP contribution in [0.25, 0.3) is 0 Å². The van der Waals surface area contributed by atoms with Gasteiger partial charge in [-0.1, -0.05) is 30.3 Å². The Balaban J connectivity index is 1.69. The number of ether oxygens (including phenoxy) is 1. The zero-order chi connectivity index (χ0) is 16.8. The molecule has 2 aliphatic heterocycles. The van der Waals surface area contributed by atoms with Crippen molar-refractivity contribution in [2.45, 2.75) is 38.3 Å². The van der Waals surface area contributed by atoms with Crippen LogP contribution in [-0.2, 0) is 4.74 Å². The lowest BCUT2D eigenvalue weighted by Gasteiger charge is -2.30. The van der Waals surface area contributed by atoms with Crippen LogP contribution in [0.3, 0.4) is 0 Å².